The number of benzene rings is 1. The normalized spacial score (nSPS) is 12.3. The zero-order chi connectivity index (χ0) is 16.5. The van der Waals surface area contributed by atoms with Crippen molar-refractivity contribution in [3.05, 3.63) is 47.2 Å². The molecule has 0 spiro atoms. The van der Waals surface area contributed by atoms with E-state index in [4.69, 9.17) is 11.6 Å². The summed E-state index contributed by atoms with van der Waals surface area (Å²) in [6.45, 7) is 0. The molecule has 0 amide bonds. The molecule has 1 heterocycles. The van der Waals surface area contributed by atoms with Crippen LogP contribution in [0.4, 0.5) is 26.3 Å². The molecule has 118 valence electrons. The topological polar surface area (TPSA) is 22.1 Å². The summed E-state index contributed by atoms with van der Waals surface area (Å²) < 4.78 is 79.2. The molecule has 0 aliphatic carbocycles. The highest BCUT2D eigenvalue weighted by atomic mass is 35.5. The van der Waals surface area contributed by atoms with Gasteiger partial charge in [-0.15, -0.1) is 13.2 Å². The smallest absolute Gasteiger partial charge is 0.406 e. The van der Waals surface area contributed by atoms with Crippen molar-refractivity contribution in [3.8, 4) is 16.9 Å². The Kier molecular flexibility index (Phi) is 4.23. The van der Waals surface area contributed by atoms with Crippen LogP contribution in [0.2, 0.25) is 5.15 Å². The summed E-state index contributed by atoms with van der Waals surface area (Å²) in [7, 11) is 0. The molecule has 0 N–H and O–H groups in total. The third-order valence-corrected chi connectivity index (χ3v) is 2.85. The summed E-state index contributed by atoms with van der Waals surface area (Å²) in [6.07, 6.45) is -8.82. The van der Waals surface area contributed by atoms with Gasteiger partial charge in [0.25, 0.3) is 0 Å². The van der Waals surface area contributed by atoms with E-state index in [-0.39, 0.29) is 5.56 Å². The van der Waals surface area contributed by atoms with Crippen molar-refractivity contribution in [2.24, 2.45) is 0 Å². The molecule has 0 unspecified atom stereocenters. The maximum absolute atomic E-state index is 13.0. The fraction of sp³-hybridized carbons (Fsp3) is 0.154. The van der Waals surface area contributed by atoms with Gasteiger partial charge in [0.15, 0.2) is 0 Å². The molecule has 2 nitrogen and oxygen atoms in total. The monoisotopic (exact) mass is 341 g/mol. The van der Waals surface area contributed by atoms with Crippen LogP contribution in [0.3, 0.4) is 0 Å². The van der Waals surface area contributed by atoms with Crippen LogP contribution in [0.5, 0.6) is 5.75 Å². The molecular formula is C13H6ClF6NO. The Morgan fingerprint density at radius 2 is 1.68 bits per heavy atom. The van der Waals surface area contributed by atoms with Crippen molar-refractivity contribution in [1.29, 1.82) is 0 Å². The fourth-order valence-corrected chi connectivity index (χ4v) is 2.06. The van der Waals surface area contributed by atoms with E-state index in [2.05, 4.69) is 9.72 Å². The number of pyridine rings is 1. The first-order chi connectivity index (χ1) is 10.1. The lowest BCUT2D eigenvalue weighted by molar-refractivity contribution is -0.274. The van der Waals surface area contributed by atoms with Gasteiger partial charge in [-0.25, -0.2) is 4.98 Å². The number of hydrogen-bond acceptors (Lipinski definition) is 2. The molecule has 1 aromatic heterocycles. The number of hydrogen-bond donors (Lipinski definition) is 0. The number of rotatable bonds is 2. The third kappa shape index (κ3) is 3.82. The number of aromatic nitrogens is 1. The molecule has 0 atom stereocenters. The second-order valence-corrected chi connectivity index (χ2v) is 4.46. The van der Waals surface area contributed by atoms with Crippen LogP contribution in [0, 0.1) is 0 Å². The summed E-state index contributed by atoms with van der Waals surface area (Å²) in [4.78, 5) is 3.54. The zero-order valence-electron chi connectivity index (χ0n) is 10.5. The Hall–Kier alpha value is -1.96. The molecule has 22 heavy (non-hydrogen) atoms. The molecule has 0 aliphatic heterocycles. The van der Waals surface area contributed by atoms with Gasteiger partial charge < -0.3 is 4.74 Å². The quantitative estimate of drug-likeness (QED) is 0.545. The second-order valence-electron chi connectivity index (χ2n) is 4.10. The van der Waals surface area contributed by atoms with Crippen LogP contribution in [-0.2, 0) is 6.18 Å². The maximum Gasteiger partial charge on any atom is 0.573 e. The standard InChI is InChI=1S/C13H6ClF6NO/c14-11-10(9(4-5-21-11)12(15,16)17)7-2-1-3-8(6-7)22-13(18,19)20/h1-6H. The van der Waals surface area contributed by atoms with E-state index >= 15 is 0 Å². The Labute approximate surface area is 125 Å². The highest BCUT2D eigenvalue weighted by Gasteiger charge is 2.35. The molecule has 2 rings (SSSR count). The van der Waals surface area contributed by atoms with E-state index < -0.39 is 34.6 Å². The predicted octanol–water partition coefficient (Wildman–Crippen LogP) is 5.32. The van der Waals surface area contributed by atoms with Crippen molar-refractivity contribution in [2.75, 3.05) is 0 Å². The van der Waals surface area contributed by atoms with E-state index in [1.807, 2.05) is 0 Å². The van der Waals surface area contributed by atoms with Crippen molar-refractivity contribution in [2.45, 2.75) is 12.5 Å². The Morgan fingerprint density at radius 1 is 1.00 bits per heavy atom. The zero-order valence-corrected chi connectivity index (χ0v) is 11.2. The highest BCUT2D eigenvalue weighted by molar-refractivity contribution is 6.32. The largest absolute Gasteiger partial charge is 0.573 e. The van der Waals surface area contributed by atoms with Crippen LogP contribution in [0.1, 0.15) is 5.56 Å². The molecule has 0 fully saturated rings. The van der Waals surface area contributed by atoms with Gasteiger partial charge >= 0.3 is 12.5 Å². The van der Waals surface area contributed by atoms with Crippen molar-refractivity contribution in [3.63, 3.8) is 0 Å². The first-order valence-corrected chi connectivity index (χ1v) is 6.03. The Morgan fingerprint density at radius 3 is 2.27 bits per heavy atom. The summed E-state index contributed by atoms with van der Waals surface area (Å²) in [6, 6.07) is 4.78. The summed E-state index contributed by atoms with van der Waals surface area (Å²) in [5.74, 6) is -0.655. The van der Waals surface area contributed by atoms with Gasteiger partial charge in [-0.2, -0.15) is 13.2 Å². The average Bonchev–Trinajstić information content (AvgIpc) is 2.35. The van der Waals surface area contributed by atoms with Gasteiger partial charge in [0, 0.05) is 11.8 Å². The molecular weight excluding hydrogens is 336 g/mol. The van der Waals surface area contributed by atoms with Gasteiger partial charge in [-0.3, -0.25) is 0 Å². The van der Waals surface area contributed by atoms with E-state index in [0.717, 1.165) is 24.4 Å². The number of alkyl halides is 6. The minimum absolute atomic E-state index is 0.188. The Balaban J connectivity index is 2.56. The maximum atomic E-state index is 13.0. The summed E-state index contributed by atoms with van der Waals surface area (Å²) in [5, 5.41) is -0.473. The molecule has 0 saturated heterocycles. The van der Waals surface area contributed by atoms with E-state index in [9.17, 15) is 26.3 Å². The van der Waals surface area contributed by atoms with E-state index in [0.29, 0.717) is 6.07 Å². The van der Waals surface area contributed by atoms with Gasteiger partial charge in [-0.1, -0.05) is 23.7 Å². The lowest BCUT2D eigenvalue weighted by Gasteiger charge is -2.15. The first-order valence-electron chi connectivity index (χ1n) is 5.66. The van der Waals surface area contributed by atoms with Gasteiger partial charge in [0.05, 0.1) is 5.56 Å². The summed E-state index contributed by atoms with van der Waals surface area (Å²) in [5.41, 5.74) is -1.80. The van der Waals surface area contributed by atoms with Gasteiger partial charge in [-0.05, 0) is 23.8 Å². The van der Waals surface area contributed by atoms with Crippen LogP contribution in [-0.4, -0.2) is 11.3 Å². The van der Waals surface area contributed by atoms with E-state index in [1.54, 1.807) is 0 Å². The first kappa shape index (κ1) is 16.4. The minimum atomic E-state index is -4.95. The molecule has 0 bridgehead atoms. The molecule has 0 aliphatic rings. The fourth-order valence-electron chi connectivity index (χ4n) is 1.80. The van der Waals surface area contributed by atoms with Crippen LogP contribution < -0.4 is 4.74 Å². The van der Waals surface area contributed by atoms with Crippen LogP contribution in [0.15, 0.2) is 36.5 Å². The van der Waals surface area contributed by atoms with Crippen LogP contribution in [0.25, 0.3) is 11.1 Å². The van der Waals surface area contributed by atoms with Crippen molar-refractivity contribution in [1.82, 2.24) is 4.98 Å². The molecule has 1 aromatic carbocycles. The lowest BCUT2D eigenvalue weighted by atomic mass is 10.0. The molecule has 0 radical (unpaired) electrons. The lowest BCUT2D eigenvalue weighted by Crippen LogP contribution is -2.17. The van der Waals surface area contributed by atoms with E-state index in [1.165, 1.54) is 6.07 Å². The predicted molar refractivity (Wildman–Crippen MR) is 66.4 cm³/mol. The summed E-state index contributed by atoms with van der Waals surface area (Å²) >= 11 is 5.68. The number of ether oxygens (including phenoxy) is 1. The Bertz CT molecular complexity index is 683. The average molecular weight is 342 g/mol. The van der Waals surface area contributed by atoms with Gasteiger partial charge in [0.1, 0.15) is 10.9 Å². The van der Waals surface area contributed by atoms with Gasteiger partial charge in [0.2, 0.25) is 0 Å². The number of halogens is 7. The van der Waals surface area contributed by atoms with Crippen molar-refractivity contribution >= 4 is 11.6 Å². The number of nitrogens with zero attached hydrogens (tertiary/aromatic N) is 1. The SMILES string of the molecule is FC(F)(F)Oc1cccc(-c2c(C(F)(F)F)ccnc2Cl)c1. The molecule has 0 saturated carbocycles. The van der Waals surface area contributed by atoms with Crippen molar-refractivity contribution < 1.29 is 31.1 Å². The third-order valence-electron chi connectivity index (χ3n) is 2.57. The second kappa shape index (κ2) is 5.68. The van der Waals surface area contributed by atoms with Crippen LogP contribution >= 0.6 is 11.6 Å². The molecule has 9 heteroatoms. The minimum Gasteiger partial charge on any atom is -0.406 e. The molecule has 2 aromatic rings. The highest BCUT2D eigenvalue weighted by Crippen LogP contribution is 2.40.